The Bertz CT molecular complexity index is 1210. The third-order valence-electron chi connectivity index (χ3n) is 5.48. The third kappa shape index (κ3) is 6.62. The van der Waals surface area contributed by atoms with E-state index in [1.54, 1.807) is 13.0 Å². The molecule has 184 valence electrons. The Morgan fingerprint density at radius 3 is 2.38 bits per heavy atom. The molecular weight excluding hydrogens is 452 g/mol. The van der Waals surface area contributed by atoms with Crippen LogP contribution < -0.4 is 0 Å². The molecule has 0 fully saturated rings. The fourth-order valence-electron chi connectivity index (χ4n) is 3.82. The molecule has 0 saturated carbocycles. The zero-order valence-corrected chi connectivity index (χ0v) is 21.9. The summed E-state index contributed by atoms with van der Waals surface area (Å²) in [6.07, 6.45) is 3.38. The standard InChI is InChI=1S/C25H34N4O4S/c1-16-11-17(2)26-22(12-16)19(4)28-32-14-25(5,6)15-33-29-21-10-8-9-20-23(34(7,30)31)13-18(3)27-24(20)21/h11-13H,8-10,14-15H2,1-7H3/b28-19+,29-21?. The Hall–Kier alpha value is -2.81. The van der Waals surface area contributed by atoms with E-state index in [-0.39, 0.29) is 5.41 Å². The van der Waals surface area contributed by atoms with E-state index >= 15 is 0 Å². The van der Waals surface area contributed by atoms with E-state index < -0.39 is 9.84 Å². The van der Waals surface area contributed by atoms with Crippen LogP contribution in [0.15, 0.2) is 33.4 Å². The summed E-state index contributed by atoms with van der Waals surface area (Å²) < 4.78 is 24.5. The predicted octanol–water partition coefficient (Wildman–Crippen LogP) is 4.33. The molecule has 0 radical (unpaired) electrons. The fourth-order valence-corrected chi connectivity index (χ4v) is 4.86. The molecule has 2 aromatic rings. The monoisotopic (exact) mass is 486 g/mol. The molecule has 0 bridgehead atoms. The van der Waals surface area contributed by atoms with Crippen LogP contribution in [0.1, 0.15) is 67.5 Å². The minimum atomic E-state index is -3.35. The van der Waals surface area contributed by atoms with Gasteiger partial charge in [-0.25, -0.2) is 8.42 Å². The molecule has 0 aliphatic heterocycles. The van der Waals surface area contributed by atoms with E-state index in [1.807, 2.05) is 46.8 Å². The largest absolute Gasteiger partial charge is 0.395 e. The number of hydrogen-bond acceptors (Lipinski definition) is 8. The van der Waals surface area contributed by atoms with Crippen LogP contribution in [0.4, 0.5) is 0 Å². The summed E-state index contributed by atoms with van der Waals surface area (Å²) in [5.41, 5.74) is 5.92. The van der Waals surface area contributed by atoms with Crippen molar-refractivity contribution in [3.63, 3.8) is 0 Å². The first-order chi connectivity index (χ1) is 15.9. The molecule has 2 aromatic heterocycles. The highest BCUT2D eigenvalue weighted by molar-refractivity contribution is 7.90. The van der Waals surface area contributed by atoms with Gasteiger partial charge in [-0.3, -0.25) is 9.97 Å². The van der Waals surface area contributed by atoms with Gasteiger partial charge < -0.3 is 9.68 Å². The van der Waals surface area contributed by atoms with Gasteiger partial charge in [0.2, 0.25) is 0 Å². The number of hydrogen-bond donors (Lipinski definition) is 0. The average molecular weight is 487 g/mol. The molecular formula is C25H34N4O4S. The summed E-state index contributed by atoms with van der Waals surface area (Å²) in [5, 5.41) is 8.57. The minimum absolute atomic E-state index is 0.312. The molecule has 0 spiro atoms. The van der Waals surface area contributed by atoms with Crippen LogP contribution in [0.5, 0.6) is 0 Å². The van der Waals surface area contributed by atoms with Gasteiger partial charge in [0.1, 0.15) is 24.6 Å². The van der Waals surface area contributed by atoms with Gasteiger partial charge in [0, 0.05) is 23.1 Å². The van der Waals surface area contributed by atoms with Gasteiger partial charge >= 0.3 is 0 Å². The molecule has 1 aliphatic rings. The van der Waals surface area contributed by atoms with Crippen molar-refractivity contribution < 1.29 is 18.1 Å². The van der Waals surface area contributed by atoms with Crippen molar-refractivity contribution in [2.24, 2.45) is 15.7 Å². The number of pyridine rings is 2. The summed E-state index contributed by atoms with van der Waals surface area (Å²) >= 11 is 0. The Balaban J connectivity index is 1.66. The summed E-state index contributed by atoms with van der Waals surface area (Å²) in [5.74, 6) is 0. The second kappa shape index (κ2) is 10.2. The molecule has 8 nitrogen and oxygen atoms in total. The van der Waals surface area contributed by atoms with Crippen molar-refractivity contribution >= 4 is 21.3 Å². The lowest BCUT2D eigenvalue weighted by molar-refractivity contribution is -0.000161. The van der Waals surface area contributed by atoms with Gasteiger partial charge in [0.05, 0.1) is 16.3 Å². The molecule has 2 heterocycles. The first kappa shape index (κ1) is 25.8. The highest BCUT2D eigenvalue weighted by Crippen LogP contribution is 2.28. The number of oxime groups is 2. The van der Waals surface area contributed by atoms with E-state index in [0.29, 0.717) is 53.8 Å². The van der Waals surface area contributed by atoms with Crippen molar-refractivity contribution in [1.29, 1.82) is 0 Å². The normalized spacial score (nSPS) is 15.9. The maximum atomic E-state index is 12.3. The highest BCUT2D eigenvalue weighted by atomic mass is 32.2. The number of nitrogens with zero attached hydrogens (tertiary/aromatic N) is 4. The molecule has 0 N–H and O–H groups in total. The maximum Gasteiger partial charge on any atom is 0.175 e. The molecule has 34 heavy (non-hydrogen) atoms. The zero-order chi connectivity index (χ0) is 25.1. The van der Waals surface area contributed by atoms with Crippen molar-refractivity contribution in [3.05, 3.63) is 52.1 Å². The van der Waals surface area contributed by atoms with Gasteiger partial charge in [0.15, 0.2) is 9.84 Å². The molecule has 0 unspecified atom stereocenters. The van der Waals surface area contributed by atoms with E-state index in [9.17, 15) is 8.42 Å². The van der Waals surface area contributed by atoms with E-state index in [0.717, 1.165) is 28.9 Å². The van der Waals surface area contributed by atoms with E-state index in [2.05, 4.69) is 20.3 Å². The van der Waals surface area contributed by atoms with Gasteiger partial charge in [-0.1, -0.05) is 24.2 Å². The summed E-state index contributed by atoms with van der Waals surface area (Å²) in [7, 11) is -3.35. The molecule has 9 heteroatoms. The van der Waals surface area contributed by atoms with Gasteiger partial charge in [-0.05, 0) is 76.3 Å². The lowest BCUT2D eigenvalue weighted by Crippen LogP contribution is -2.25. The van der Waals surface area contributed by atoms with Crippen LogP contribution >= 0.6 is 0 Å². The topological polar surface area (TPSA) is 103 Å². The predicted molar refractivity (Wildman–Crippen MR) is 133 cm³/mol. The summed E-state index contributed by atoms with van der Waals surface area (Å²) in [6, 6.07) is 5.63. The number of sulfone groups is 1. The van der Waals surface area contributed by atoms with Crippen LogP contribution in [0.2, 0.25) is 0 Å². The highest BCUT2D eigenvalue weighted by Gasteiger charge is 2.26. The Morgan fingerprint density at radius 2 is 1.71 bits per heavy atom. The average Bonchev–Trinajstić information content (AvgIpc) is 2.72. The Morgan fingerprint density at radius 1 is 1.03 bits per heavy atom. The number of rotatable bonds is 8. The SMILES string of the molecule is C/C(=N\OCC(C)(C)CON=C1CCCc2c(S(C)(=O)=O)cc(C)nc21)c1cc(C)cc(C)n1. The van der Waals surface area contributed by atoms with Crippen molar-refractivity contribution in [1.82, 2.24) is 9.97 Å². The summed E-state index contributed by atoms with van der Waals surface area (Å²) in [4.78, 5) is 20.7. The number of fused-ring (bicyclic) bond motifs is 1. The van der Waals surface area contributed by atoms with Gasteiger partial charge in [-0.15, -0.1) is 0 Å². The van der Waals surface area contributed by atoms with Crippen LogP contribution in [-0.4, -0.2) is 49.3 Å². The quantitative estimate of drug-likeness (QED) is 0.406. The van der Waals surface area contributed by atoms with Crippen LogP contribution in [0.25, 0.3) is 0 Å². The second-order valence-electron chi connectivity index (χ2n) is 9.81. The minimum Gasteiger partial charge on any atom is -0.395 e. The second-order valence-corrected chi connectivity index (χ2v) is 11.8. The van der Waals surface area contributed by atoms with E-state index in [4.69, 9.17) is 9.68 Å². The smallest absolute Gasteiger partial charge is 0.175 e. The van der Waals surface area contributed by atoms with Crippen molar-refractivity contribution in [3.8, 4) is 0 Å². The zero-order valence-electron chi connectivity index (χ0n) is 21.1. The summed E-state index contributed by atoms with van der Waals surface area (Å²) in [6.45, 7) is 12.3. The number of aryl methyl sites for hydroxylation is 3. The lowest BCUT2D eigenvalue weighted by Gasteiger charge is -2.23. The molecule has 1 aliphatic carbocycles. The fraction of sp³-hybridized carbons (Fsp3) is 0.520. The van der Waals surface area contributed by atoms with Crippen molar-refractivity contribution in [2.45, 2.75) is 65.7 Å². The van der Waals surface area contributed by atoms with Gasteiger partial charge in [-0.2, -0.15) is 0 Å². The van der Waals surface area contributed by atoms with Gasteiger partial charge in [0.25, 0.3) is 0 Å². The molecule has 0 aromatic carbocycles. The molecule has 0 saturated heterocycles. The first-order valence-corrected chi connectivity index (χ1v) is 13.3. The first-order valence-electron chi connectivity index (χ1n) is 11.4. The number of aromatic nitrogens is 2. The lowest BCUT2D eigenvalue weighted by atomic mass is 9.94. The van der Waals surface area contributed by atoms with Crippen LogP contribution in [0.3, 0.4) is 0 Å². The van der Waals surface area contributed by atoms with Crippen molar-refractivity contribution in [2.75, 3.05) is 19.5 Å². The maximum absolute atomic E-state index is 12.3. The molecule has 0 atom stereocenters. The molecule has 3 rings (SSSR count). The Kier molecular flexibility index (Phi) is 7.75. The molecule has 0 amide bonds. The van der Waals surface area contributed by atoms with Crippen LogP contribution in [0, 0.1) is 26.2 Å². The van der Waals surface area contributed by atoms with E-state index in [1.165, 1.54) is 6.26 Å². The van der Waals surface area contributed by atoms with Crippen LogP contribution in [-0.2, 0) is 25.9 Å². The Labute approximate surface area is 202 Å². The third-order valence-corrected chi connectivity index (χ3v) is 6.64.